The van der Waals surface area contributed by atoms with E-state index >= 15 is 0 Å². The van der Waals surface area contributed by atoms with Gasteiger partial charge >= 0.3 is 0 Å². The average molecular weight is 475 g/mol. The van der Waals surface area contributed by atoms with Gasteiger partial charge in [-0.05, 0) is 53.6 Å². The Labute approximate surface area is 191 Å². The first kappa shape index (κ1) is 21.8. The maximum atomic E-state index is 13.3. The normalized spacial score (nSPS) is 15.9. The van der Waals surface area contributed by atoms with E-state index in [0.29, 0.717) is 12.1 Å². The van der Waals surface area contributed by atoms with Gasteiger partial charge in [0.05, 0.1) is 9.77 Å². The molecule has 4 rings (SSSR count). The van der Waals surface area contributed by atoms with Crippen molar-refractivity contribution in [1.82, 2.24) is 20.0 Å². The molecule has 31 heavy (non-hydrogen) atoms. The standard InChI is InChI=1S/C22H23ClN4O2S2/c1-31(23,27-20(28)17-11-12-24-14-26-17)22-19(16-9-5-6-10-18(16)30-22)21(29)25-13-15-7-3-2-4-8-15/h2-4,7-8,11-12,14H,5-6,9-10,13H2,1H3,(H,25,29)(H,27,28). The molecule has 1 aliphatic rings. The topological polar surface area (TPSA) is 84.0 Å². The Bertz CT molecular complexity index is 1090. The van der Waals surface area contributed by atoms with Crippen molar-refractivity contribution in [2.45, 2.75) is 36.4 Å². The summed E-state index contributed by atoms with van der Waals surface area (Å²) >= 11 is 1.55. The number of fused-ring (bicyclic) bond motifs is 1. The zero-order chi connectivity index (χ0) is 21.8. The van der Waals surface area contributed by atoms with Gasteiger partial charge in [-0.25, -0.2) is 9.97 Å². The Hall–Kier alpha value is -2.42. The van der Waals surface area contributed by atoms with Crippen LogP contribution in [0.25, 0.3) is 0 Å². The summed E-state index contributed by atoms with van der Waals surface area (Å²) in [6, 6.07) is 11.3. The number of hydrogen-bond donors (Lipinski definition) is 2. The summed E-state index contributed by atoms with van der Waals surface area (Å²) in [5.41, 5.74) is 2.98. The van der Waals surface area contributed by atoms with E-state index in [4.69, 9.17) is 10.7 Å². The molecule has 0 spiro atoms. The largest absolute Gasteiger partial charge is 0.348 e. The van der Waals surface area contributed by atoms with Gasteiger partial charge in [0.2, 0.25) is 0 Å². The highest BCUT2D eigenvalue weighted by atomic mass is 35.7. The van der Waals surface area contributed by atoms with E-state index in [2.05, 4.69) is 20.0 Å². The lowest BCUT2D eigenvalue weighted by atomic mass is 9.95. The number of carbonyl (C=O) groups excluding carboxylic acids is 2. The van der Waals surface area contributed by atoms with Crippen LogP contribution in [-0.2, 0) is 19.4 Å². The number of benzene rings is 1. The first-order valence-corrected chi connectivity index (χ1v) is 13.7. The van der Waals surface area contributed by atoms with Crippen LogP contribution in [0.3, 0.4) is 0 Å². The van der Waals surface area contributed by atoms with Crippen LogP contribution in [0.15, 0.2) is 53.1 Å². The van der Waals surface area contributed by atoms with Gasteiger partial charge < -0.3 is 5.32 Å². The van der Waals surface area contributed by atoms with E-state index in [9.17, 15) is 9.59 Å². The molecule has 0 saturated heterocycles. The lowest BCUT2D eigenvalue weighted by molar-refractivity contribution is 0.0944. The highest BCUT2D eigenvalue weighted by molar-refractivity contribution is 8.50. The molecule has 1 aromatic carbocycles. The minimum atomic E-state index is -2.29. The summed E-state index contributed by atoms with van der Waals surface area (Å²) in [5, 5.41) is 3.04. The number of nitrogens with zero attached hydrogens (tertiary/aromatic N) is 2. The number of aromatic nitrogens is 2. The third-order valence-electron chi connectivity index (χ3n) is 5.11. The highest BCUT2D eigenvalue weighted by Gasteiger charge is 2.33. The van der Waals surface area contributed by atoms with Crippen LogP contribution in [0.1, 0.15) is 49.7 Å². The van der Waals surface area contributed by atoms with Gasteiger partial charge in [-0.15, -0.1) is 11.3 Å². The van der Waals surface area contributed by atoms with Crippen LogP contribution in [-0.4, -0.2) is 28.0 Å². The van der Waals surface area contributed by atoms with E-state index in [1.807, 2.05) is 30.3 Å². The van der Waals surface area contributed by atoms with E-state index < -0.39 is 9.43 Å². The van der Waals surface area contributed by atoms with Gasteiger partial charge in [0.15, 0.2) is 0 Å². The predicted octanol–water partition coefficient (Wildman–Crippen LogP) is 4.64. The predicted molar refractivity (Wildman–Crippen MR) is 126 cm³/mol. The van der Waals surface area contributed by atoms with Crippen molar-refractivity contribution in [2.24, 2.45) is 0 Å². The molecule has 2 amide bonds. The number of amides is 2. The summed E-state index contributed by atoms with van der Waals surface area (Å²) in [6.45, 7) is 0.436. The third kappa shape index (κ3) is 4.92. The molecule has 2 aromatic heterocycles. The van der Waals surface area contributed by atoms with Gasteiger partial charge in [-0.2, -0.15) is 0 Å². The summed E-state index contributed by atoms with van der Waals surface area (Å²) < 4.78 is 3.66. The molecule has 3 aromatic rings. The Balaban J connectivity index is 1.62. The van der Waals surface area contributed by atoms with E-state index in [1.165, 1.54) is 23.5 Å². The van der Waals surface area contributed by atoms with E-state index in [1.54, 1.807) is 17.6 Å². The number of hydrogen-bond acceptors (Lipinski definition) is 5. The monoisotopic (exact) mass is 474 g/mol. The number of aryl methyl sites for hydroxylation is 1. The quantitative estimate of drug-likeness (QED) is 0.545. The third-order valence-corrected chi connectivity index (χ3v) is 9.88. The van der Waals surface area contributed by atoms with Crippen LogP contribution in [0, 0.1) is 0 Å². The second-order valence-electron chi connectivity index (χ2n) is 7.39. The summed E-state index contributed by atoms with van der Waals surface area (Å²) in [4.78, 5) is 35.0. The van der Waals surface area contributed by atoms with E-state index in [0.717, 1.165) is 41.0 Å². The van der Waals surface area contributed by atoms with Crippen molar-refractivity contribution in [3.8, 4) is 0 Å². The lowest BCUT2D eigenvalue weighted by Crippen LogP contribution is -2.28. The zero-order valence-corrected chi connectivity index (χ0v) is 19.4. The molecule has 0 fully saturated rings. The van der Waals surface area contributed by atoms with Crippen LogP contribution >= 0.6 is 31.4 Å². The molecule has 1 aliphatic carbocycles. The fourth-order valence-corrected chi connectivity index (χ4v) is 7.64. The van der Waals surface area contributed by atoms with Gasteiger partial charge in [0, 0.05) is 23.9 Å². The minimum absolute atomic E-state index is 0.145. The lowest BCUT2D eigenvalue weighted by Gasteiger charge is -2.29. The van der Waals surface area contributed by atoms with Crippen molar-refractivity contribution >= 4 is 43.3 Å². The number of halogens is 1. The van der Waals surface area contributed by atoms with Crippen LogP contribution in [0.4, 0.5) is 0 Å². The zero-order valence-electron chi connectivity index (χ0n) is 17.1. The Morgan fingerprint density at radius 1 is 1.13 bits per heavy atom. The number of carbonyl (C=O) groups is 2. The molecule has 0 radical (unpaired) electrons. The Morgan fingerprint density at radius 3 is 2.65 bits per heavy atom. The smallest absolute Gasteiger partial charge is 0.279 e. The van der Waals surface area contributed by atoms with Crippen LogP contribution < -0.4 is 10.0 Å². The second kappa shape index (κ2) is 9.38. The molecule has 162 valence electrons. The second-order valence-corrected chi connectivity index (χ2v) is 12.9. The first-order chi connectivity index (χ1) is 15.0. The Kier molecular flexibility index (Phi) is 6.60. The van der Waals surface area contributed by atoms with Crippen molar-refractivity contribution in [1.29, 1.82) is 0 Å². The van der Waals surface area contributed by atoms with Crippen molar-refractivity contribution in [3.05, 3.63) is 76.2 Å². The molecule has 0 bridgehead atoms. The fourth-order valence-electron chi connectivity index (χ4n) is 3.60. The maximum absolute atomic E-state index is 13.3. The molecule has 9 heteroatoms. The Morgan fingerprint density at radius 2 is 1.90 bits per heavy atom. The first-order valence-electron chi connectivity index (χ1n) is 9.98. The van der Waals surface area contributed by atoms with Crippen LogP contribution in [0.2, 0.25) is 0 Å². The minimum Gasteiger partial charge on any atom is -0.348 e. The van der Waals surface area contributed by atoms with Gasteiger partial charge in [-0.3, -0.25) is 14.3 Å². The number of rotatable bonds is 6. The average Bonchev–Trinajstić information content (AvgIpc) is 3.19. The molecule has 6 nitrogen and oxygen atoms in total. The maximum Gasteiger partial charge on any atom is 0.279 e. The van der Waals surface area contributed by atoms with Crippen molar-refractivity contribution < 1.29 is 9.59 Å². The number of nitrogens with one attached hydrogen (secondary N) is 2. The van der Waals surface area contributed by atoms with Crippen molar-refractivity contribution in [2.75, 3.05) is 6.26 Å². The number of thiophene rings is 1. The highest BCUT2D eigenvalue weighted by Crippen LogP contribution is 2.59. The van der Waals surface area contributed by atoms with Crippen molar-refractivity contribution in [3.63, 3.8) is 0 Å². The summed E-state index contributed by atoms with van der Waals surface area (Å²) in [6.07, 6.45) is 8.55. The SMILES string of the molecule is CS(Cl)(NC(=O)c1ccncn1)c1sc2c(c1C(=O)NCc1ccccc1)CCCC2. The van der Waals surface area contributed by atoms with E-state index in [-0.39, 0.29) is 17.5 Å². The molecule has 1 atom stereocenters. The van der Waals surface area contributed by atoms with Gasteiger partial charge in [0.25, 0.3) is 11.8 Å². The summed E-state index contributed by atoms with van der Waals surface area (Å²) in [7, 11) is 4.64. The summed E-state index contributed by atoms with van der Waals surface area (Å²) in [5.74, 6) is -0.522. The molecular weight excluding hydrogens is 452 g/mol. The molecule has 0 saturated carbocycles. The van der Waals surface area contributed by atoms with Crippen LogP contribution in [0.5, 0.6) is 0 Å². The molecule has 1 unspecified atom stereocenters. The molecule has 2 heterocycles. The fraction of sp³-hybridized carbons (Fsp3) is 0.273. The molecule has 2 N–H and O–H groups in total. The molecular formula is C22H23ClN4O2S2. The van der Waals surface area contributed by atoms with Gasteiger partial charge in [0.1, 0.15) is 12.0 Å². The molecule has 0 aliphatic heterocycles. The van der Waals surface area contributed by atoms with Gasteiger partial charge in [-0.1, -0.05) is 39.8 Å².